The first-order valence-electron chi connectivity index (χ1n) is 4.92. The van der Waals surface area contributed by atoms with Gasteiger partial charge in [0.25, 0.3) is 11.6 Å². The maximum absolute atomic E-state index is 12.7. The summed E-state index contributed by atoms with van der Waals surface area (Å²) in [5, 5.41) is 12.9. The fraction of sp³-hybridized carbons (Fsp3) is 0.300. The van der Waals surface area contributed by atoms with Gasteiger partial charge in [-0.25, -0.2) is 0 Å². The van der Waals surface area contributed by atoms with Gasteiger partial charge in [-0.15, -0.1) is 0 Å². The molecule has 1 aliphatic rings. The molecule has 0 unspecified atom stereocenters. The lowest BCUT2D eigenvalue weighted by Gasteiger charge is -2.32. The summed E-state index contributed by atoms with van der Waals surface area (Å²) < 4.78 is 38.2. The number of aliphatic hydroxyl groups is 1. The summed E-state index contributed by atoms with van der Waals surface area (Å²) in [7, 11) is 0. The molecule has 1 amide bonds. The van der Waals surface area contributed by atoms with Crippen LogP contribution in [0.4, 0.5) is 13.2 Å². The van der Waals surface area contributed by atoms with Gasteiger partial charge < -0.3 is 5.11 Å². The molecular formula is C10H8F3N3O2. The fourth-order valence-corrected chi connectivity index (χ4v) is 1.50. The van der Waals surface area contributed by atoms with E-state index in [-0.39, 0.29) is 10.6 Å². The van der Waals surface area contributed by atoms with E-state index in [1.54, 1.807) is 0 Å². The number of hydrogen-bond donors (Lipinski definition) is 1. The van der Waals surface area contributed by atoms with Crippen molar-refractivity contribution in [2.75, 3.05) is 0 Å². The van der Waals surface area contributed by atoms with Crippen LogP contribution < -0.4 is 0 Å². The van der Waals surface area contributed by atoms with Gasteiger partial charge >= 0.3 is 6.18 Å². The Kier molecular flexibility index (Phi) is 2.81. The number of hydrazone groups is 1. The van der Waals surface area contributed by atoms with Gasteiger partial charge in [0.2, 0.25) is 0 Å². The van der Waals surface area contributed by atoms with Crippen molar-refractivity contribution in [2.45, 2.75) is 18.3 Å². The molecule has 5 nitrogen and oxygen atoms in total. The summed E-state index contributed by atoms with van der Waals surface area (Å²) in [6, 6.07) is 2.49. The number of alkyl halides is 3. The second-order valence-electron chi connectivity index (χ2n) is 3.67. The third-order valence-electron chi connectivity index (χ3n) is 2.50. The van der Waals surface area contributed by atoms with Crippen LogP contribution in [0.15, 0.2) is 29.6 Å². The van der Waals surface area contributed by atoms with Crippen molar-refractivity contribution < 1.29 is 23.1 Å². The first-order chi connectivity index (χ1) is 8.36. The highest BCUT2D eigenvalue weighted by Crippen LogP contribution is 2.39. The predicted molar refractivity (Wildman–Crippen MR) is 54.5 cm³/mol. The summed E-state index contributed by atoms with van der Waals surface area (Å²) >= 11 is 0. The van der Waals surface area contributed by atoms with E-state index in [0.717, 1.165) is 6.21 Å². The Labute approximate surface area is 99.5 Å². The number of hydrogen-bond acceptors (Lipinski definition) is 4. The van der Waals surface area contributed by atoms with Crippen LogP contribution in [0, 0.1) is 0 Å². The third kappa shape index (κ3) is 1.84. The molecule has 0 saturated heterocycles. The molecule has 8 heteroatoms. The highest BCUT2D eigenvalue weighted by Gasteiger charge is 2.61. The lowest BCUT2D eigenvalue weighted by atomic mass is 10.1. The number of carbonyl (C=O) groups excluding carboxylic acids is 1. The van der Waals surface area contributed by atoms with Crippen molar-refractivity contribution >= 4 is 12.1 Å². The molecule has 1 aromatic rings. The summed E-state index contributed by atoms with van der Waals surface area (Å²) in [6.45, 7) is 0. The Morgan fingerprint density at radius 3 is 2.56 bits per heavy atom. The van der Waals surface area contributed by atoms with E-state index in [4.69, 9.17) is 0 Å². The summed E-state index contributed by atoms with van der Waals surface area (Å²) in [4.78, 5) is 15.5. The average molecular weight is 259 g/mol. The van der Waals surface area contributed by atoms with E-state index >= 15 is 0 Å². The quantitative estimate of drug-likeness (QED) is 0.823. The molecule has 0 fully saturated rings. The van der Waals surface area contributed by atoms with Crippen molar-refractivity contribution in [1.29, 1.82) is 0 Å². The van der Waals surface area contributed by atoms with Crippen molar-refractivity contribution in [3.05, 3.63) is 30.1 Å². The maximum atomic E-state index is 12.7. The number of aromatic nitrogens is 1. The Balaban J connectivity index is 2.34. The molecule has 2 heterocycles. The van der Waals surface area contributed by atoms with E-state index in [1.165, 1.54) is 24.5 Å². The minimum Gasteiger partial charge on any atom is -0.362 e. The SMILES string of the molecule is O=C(c1ccncc1)N1N=CC[C@@]1(O)C(F)(F)F. The second kappa shape index (κ2) is 4.05. The van der Waals surface area contributed by atoms with Crippen LogP contribution in [0.5, 0.6) is 0 Å². The Morgan fingerprint density at radius 1 is 1.39 bits per heavy atom. The molecular weight excluding hydrogens is 251 g/mol. The zero-order chi connectivity index (χ0) is 13.4. The summed E-state index contributed by atoms with van der Waals surface area (Å²) in [5.74, 6) is -1.04. The molecule has 1 aromatic heterocycles. The molecule has 18 heavy (non-hydrogen) atoms. The van der Waals surface area contributed by atoms with Crippen LogP contribution in [-0.4, -0.2) is 39.1 Å². The molecule has 0 saturated carbocycles. The van der Waals surface area contributed by atoms with E-state index in [1.807, 2.05) is 0 Å². The predicted octanol–water partition coefficient (Wildman–Crippen LogP) is 1.16. The zero-order valence-corrected chi connectivity index (χ0v) is 8.92. The van der Waals surface area contributed by atoms with Crippen LogP contribution in [0.25, 0.3) is 0 Å². The van der Waals surface area contributed by atoms with E-state index in [9.17, 15) is 23.1 Å². The van der Waals surface area contributed by atoms with Crippen LogP contribution in [0.2, 0.25) is 0 Å². The number of pyridine rings is 1. The third-order valence-corrected chi connectivity index (χ3v) is 2.50. The van der Waals surface area contributed by atoms with Gasteiger partial charge in [0.15, 0.2) is 0 Å². The normalized spacial score (nSPS) is 23.4. The van der Waals surface area contributed by atoms with E-state index < -0.39 is 24.2 Å². The average Bonchev–Trinajstić information content (AvgIpc) is 2.72. The zero-order valence-electron chi connectivity index (χ0n) is 8.92. The molecule has 0 aromatic carbocycles. The fourth-order valence-electron chi connectivity index (χ4n) is 1.50. The number of rotatable bonds is 1. The Morgan fingerprint density at radius 2 is 2.00 bits per heavy atom. The molecule has 1 aliphatic heterocycles. The monoisotopic (exact) mass is 259 g/mol. The van der Waals surface area contributed by atoms with Crippen LogP contribution in [0.3, 0.4) is 0 Å². The van der Waals surface area contributed by atoms with Crippen LogP contribution in [0.1, 0.15) is 16.8 Å². The van der Waals surface area contributed by atoms with Gasteiger partial charge in [-0.05, 0) is 12.1 Å². The molecule has 1 N–H and O–H groups in total. The summed E-state index contributed by atoms with van der Waals surface area (Å²) in [6.07, 6.45) is -2.38. The van der Waals surface area contributed by atoms with Crippen molar-refractivity contribution in [1.82, 2.24) is 9.99 Å². The number of halogens is 3. The van der Waals surface area contributed by atoms with Gasteiger partial charge in [0.1, 0.15) is 0 Å². The van der Waals surface area contributed by atoms with E-state index in [0.29, 0.717) is 0 Å². The molecule has 0 aliphatic carbocycles. The van der Waals surface area contributed by atoms with Gasteiger partial charge in [-0.1, -0.05) is 0 Å². The molecule has 0 spiro atoms. The van der Waals surface area contributed by atoms with Crippen LogP contribution >= 0.6 is 0 Å². The van der Waals surface area contributed by atoms with Crippen LogP contribution in [-0.2, 0) is 0 Å². The molecule has 0 radical (unpaired) electrons. The molecule has 0 bridgehead atoms. The Bertz CT molecular complexity index is 489. The lowest BCUT2D eigenvalue weighted by Crippen LogP contribution is -2.56. The maximum Gasteiger partial charge on any atom is 0.438 e. The van der Waals surface area contributed by atoms with Gasteiger partial charge in [0, 0.05) is 30.6 Å². The largest absolute Gasteiger partial charge is 0.438 e. The highest BCUT2D eigenvalue weighted by atomic mass is 19.4. The first kappa shape index (κ1) is 12.5. The standard InChI is InChI=1S/C10H8F3N3O2/c11-10(12,13)9(18)3-6-15-16(9)8(17)7-1-4-14-5-2-7/h1-2,4-6,18H,3H2/t9-/m1/s1. The van der Waals surface area contributed by atoms with Gasteiger partial charge in [0.05, 0.1) is 0 Å². The smallest absolute Gasteiger partial charge is 0.362 e. The number of amides is 1. The van der Waals surface area contributed by atoms with Crippen molar-refractivity contribution in [3.63, 3.8) is 0 Å². The minimum absolute atomic E-state index is 0.0354. The Hall–Kier alpha value is -1.96. The first-order valence-corrected chi connectivity index (χ1v) is 4.92. The van der Waals surface area contributed by atoms with Crippen molar-refractivity contribution in [3.8, 4) is 0 Å². The topological polar surface area (TPSA) is 65.8 Å². The second-order valence-corrected chi connectivity index (χ2v) is 3.67. The number of carbonyl (C=O) groups is 1. The lowest BCUT2D eigenvalue weighted by molar-refractivity contribution is -0.297. The summed E-state index contributed by atoms with van der Waals surface area (Å²) in [5.41, 5.74) is -3.32. The van der Waals surface area contributed by atoms with E-state index in [2.05, 4.69) is 10.1 Å². The minimum atomic E-state index is -4.98. The molecule has 2 rings (SSSR count). The molecule has 1 atom stereocenters. The van der Waals surface area contributed by atoms with Crippen molar-refractivity contribution in [2.24, 2.45) is 5.10 Å². The molecule has 96 valence electrons. The number of nitrogens with zero attached hydrogens (tertiary/aromatic N) is 3. The van der Waals surface area contributed by atoms with Gasteiger partial charge in [-0.3, -0.25) is 9.78 Å². The van der Waals surface area contributed by atoms with Gasteiger partial charge in [-0.2, -0.15) is 23.3 Å². The highest BCUT2D eigenvalue weighted by molar-refractivity contribution is 5.95.